The van der Waals surface area contributed by atoms with Crippen molar-refractivity contribution in [2.45, 2.75) is 89.3 Å². The normalized spacial score (nSPS) is 17.9. The molecule has 0 N–H and O–H groups in total. The Balaban J connectivity index is 1.33. The maximum atomic E-state index is 13.1. The number of hydrogen-bond donors (Lipinski definition) is 0. The largest absolute Gasteiger partial charge is 0.456 e. The van der Waals surface area contributed by atoms with Crippen LogP contribution in [0.4, 0.5) is 0 Å². The Labute approximate surface area is 187 Å². The topological polar surface area (TPSA) is 94.4 Å². The molecule has 1 amide bonds. The molecule has 0 bridgehead atoms. The molecule has 0 aliphatic heterocycles. The van der Waals surface area contributed by atoms with E-state index in [9.17, 15) is 14.4 Å². The second-order valence-electron chi connectivity index (χ2n) is 8.93. The molecule has 8 nitrogen and oxygen atoms in total. The zero-order valence-electron chi connectivity index (χ0n) is 18.6. The summed E-state index contributed by atoms with van der Waals surface area (Å²) in [6, 6.07) is 7.50. The number of hydrogen-bond acceptors (Lipinski definition) is 6. The quantitative estimate of drug-likeness (QED) is 0.614. The first-order valence-corrected chi connectivity index (χ1v) is 11.9. The molecule has 1 aromatic heterocycles. The zero-order chi connectivity index (χ0) is 22.3. The molecule has 32 heavy (non-hydrogen) atoms. The standard InChI is InChI=1S/C24H32N4O4/c29-22(28(18-9-3-1-4-10-18)19-11-5-2-6-12-19)17-32-23(30)15-16-27-24(31)20-13-7-8-14-21(20)25-26-27/h7-8,13-14,18-19H,1-6,9-12,15-17H2. The van der Waals surface area contributed by atoms with Gasteiger partial charge in [-0.1, -0.05) is 55.9 Å². The van der Waals surface area contributed by atoms with Crippen molar-refractivity contribution >= 4 is 22.8 Å². The number of amides is 1. The Morgan fingerprint density at radius 2 is 1.59 bits per heavy atom. The monoisotopic (exact) mass is 440 g/mol. The van der Waals surface area contributed by atoms with Crippen LogP contribution in [0.2, 0.25) is 0 Å². The van der Waals surface area contributed by atoms with Gasteiger partial charge in [-0.2, -0.15) is 0 Å². The first kappa shape index (κ1) is 22.4. The number of aryl methyl sites for hydroxylation is 1. The minimum atomic E-state index is -0.507. The number of carbonyl (C=O) groups is 2. The van der Waals surface area contributed by atoms with E-state index in [2.05, 4.69) is 10.3 Å². The fourth-order valence-electron chi connectivity index (χ4n) is 5.08. The van der Waals surface area contributed by atoms with Gasteiger partial charge in [-0.3, -0.25) is 14.4 Å². The van der Waals surface area contributed by atoms with Gasteiger partial charge in [-0.05, 0) is 37.8 Å². The van der Waals surface area contributed by atoms with Crippen LogP contribution in [0.3, 0.4) is 0 Å². The molecule has 0 unspecified atom stereocenters. The van der Waals surface area contributed by atoms with Gasteiger partial charge in [0, 0.05) is 12.1 Å². The third-order valence-electron chi connectivity index (χ3n) is 6.74. The highest BCUT2D eigenvalue weighted by Gasteiger charge is 2.32. The molecule has 0 atom stereocenters. The van der Waals surface area contributed by atoms with Crippen LogP contribution >= 0.6 is 0 Å². The lowest BCUT2D eigenvalue weighted by Crippen LogP contribution is -2.50. The van der Waals surface area contributed by atoms with Crippen LogP contribution in [0, 0.1) is 0 Å². The molecule has 2 saturated carbocycles. The average Bonchev–Trinajstić information content (AvgIpc) is 2.84. The van der Waals surface area contributed by atoms with Gasteiger partial charge in [0.05, 0.1) is 18.4 Å². The lowest BCUT2D eigenvalue weighted by molar-refractivity contribution is -0.155. The number of fused-ring (bicyclic) bond motifs is 1. The van der Waals surface area contributed by atoms with Crippen LogP contribution in [-0.4, -0.2) is 50.5 Å². The molecule has 2 aliphatic rings. The van der Waals surface area contributed by atoms with E-state index in [1.165, 1.54) is 17.5 Å². The predicted octanol–water partition coefficient (Wildman–Crippen LogP) is 3.22. The molecular weight excluding hydrogens is 408 g/mol. The van der Waals surface area contributed by atoms with E-state index in [0.717, 1.165) is 51.4 Å². The minimum absolute atomic E-state index is 0.0347. The van der Waals surface area contributed by atoms with Gasteiger partial charge in [-0.15, -0.1) is 5.10 Å². The van der Waals surface area contributed by atoms with Gasteiger partial charge in [0.1, 0.15) is 5.52 Å². The van der Waals surface area contributed by atoms with E-state index < -0.39 is 5.97 Å². The van der Waals surface area contributed by atoms with Crippen molar-refractivity contribution in [1.29, 1.82) is 0 Å². The van der Waals surface area contributed by atoms with Crippen LogP contribution in [-0.2, 0) is 20.9 Å². The molecule has 172 valence electrons. The highest BCUT2D eigenvalue weighted by Crippen LogP contribution is 2.30. The number of aromatic nitrogens is 3. The van der Waals surface area contributed by atoms with E-state index in [4.69, 9.17) is 4.74 Å². The number of carbonyl (C=O) groups excluding carboxylic acids is 2. The SMILES string of the molecule is O=C(CCn1nnc2ccccc2c1=O)OCC(=O)N(C1CCCCC1)C1CCCCC1. The van der Waals surface area contributed by atoms with Gasteiger partial charge in [-0.25, -0.2) is 4.68 Å². The first-order valence-electron chi connectivity index (χ1n) is 11.9. The first-order chi connectivity index (χ1) is 15.6. The number of benzene rings is 1. The van der Waals surface area contributed by atoms with Crippen LogP contribution in [0.1, 0.15) is 70.6 Å². The van der Waals surface area contributed by atoms with Crippen molar-refractivity contribution in [3.8, 4) is 0 Å². The number of esters is 1. The summed E-state index contributed by atoms with van der Waals surface area (Å²) in [6.07, 6.45) is 11.2. The smallest absolute Gasteiger partial charge is 0.308 e. The maximum Gasteiger partial charge on any atom is 0.308 e. The molecule has 2 aliphatic carbocycles. The number of nitrogens with zero attached hydrogens (tertiary/aromatic N) is 4. The predicted molar refractivity (Wildman–Crippen MR) is 120 cm³/mol. The summed E-state index contributed by atoms with van der Waals surface area (Å²) in [5.41, 5.74) is 0.229. The van der Waals surface area contributed by atoms with Crippen LogP contribution in [0.15, 0.2) is 29.1 Å². The molecule has 0 radical (unpaired) electrons. The summed E-state index contributed by atoms with van der Waals surface area (Å²) in [6.45, 7) is -0.164. The Kier molecular flexibility index (Phi) is 7.50. The van der Waals surface area contributed by atoms with Crippen molar-refractivity contribution < 1.29 is 14.3 Å². The van der Waals surface area contributed by atoms with E-state index >= 15 is 0 Å². The summed E-state index contributed by atoms with van der Waals surface area (Å²) < 4.78 is 6.49. The average molecular weight is 441 g/mol. The van der Waals surface area contributed by atoms with Crippen LogP contribution < -0.4 is 5.56 Å². The Morgan fingerprint density at radius 3 is 2.25 bits per heavy atom. The maximum absolute atomic E-state index is 13.1. The third kappa shape index (κ3) is 5.34. The Morgan fingerprint density at radius 1 is 0.969 bits per heavy atom. The Hall–Kier alpha value is -2.77. The summed E-state index contributed by atoms with van der Waals surface area (Å²) >= 11 is 0. The van der Waals surface area contributed by atoms with Crippen molar-refractivity contribution in [3.05, 3.63) is 34.6 Å². The minimum Gasteiger partial charge on any atom is -0.456 e. The van der Waals surface area contributed by atoms with E-state index in [1.54, 1.807) is 24.3 Å². The zero-order valence-corrected chi connectivity index (χ0v) is 18.6. The number of ether oxygens (including phenoxy) is 1. The van der Waals surface area contributed by atoms with Gasteiger partial charge < -0.3 is 9.64 Å². The summed E-state index contributed by atoms with van der Waals surface area (Å²) in [5, 5.41) is 8.38. The molecule has 2 fully saturated rings. The lowest BCUT2D eigenvalue weighted by Gasteiger charge is -2.41. The van der Waals surface area contributed by atoms with Gasteiger partial charge >= 0.3 is 5.97 Å². The highest BCUT2D eigenvalue weighted by molar-refractivity contribution is 5.81. The molecule has 0 saturated heterocycles. The molecule has 1 heterocycles. The molecule has 0 spiro atoms. The van der Waals surface area contributed by atoms with Crippen molar-refractivity contribution in [2.24, 2.45) is 0 Å². The molecule has 8 heteroatoms. The van der Waals surface area contributed by atoms with Crippen molar-refractivity contribution in [1.82, 2.24) is 19.9 Å². The second-order valence-corrected chi connectivity index (χ2v) is 8.93. The van der Waals surface area contributed by atoms with Gasteiger partial charge in [0.15, 0.2) is 6.61 Å². The highest BCUT2D eigenvalue weighted by atomic mass is 16.5. The Bertz CT molecular complexity index is 975. The van der Waals surface area contributed by atoms with Gasteiger partial charge in [0.25, 0.3) is 11.5 Å². The molecule has 4 rings (SSSR count). The van der Waals surface area contributed by atoms with E-state index in [-0.39, 0.29) is 43.1 Å². The fraction of sp³-hybridized carbons (Fsp3) is 0.625. The summed E-state index contributed by atoms with van der Waals surface area (Å²) in [4.78, 5) is 39.9. The summed E-state index contributed by atoms with van der Waals surface area (Å²) in [7, 11) is 0. The van der Waals surface area contributed by atoms with Crippen molar-refractivity contribution in [2.75, 3.05) is 6.61 Å². The fourth-order valence-corrected chi connectivity index (χ4v) is 5.08. The molecule has 1 aromatic carbocycles. The molecular formula is C24H32N4O4. The van der Waals surface area contributed by atoms with E-state index in [1.807, 2.05) is 4.90 Å². The van der Waals surface area contributed by atoms with Crippen LogP contribution in [0.25, 0.3) is 10.9 Å². The third-order valence-corrected chi connectivity index (χ3v) is 6.74. The number of rotatable bonds is 7. The summed E-state index contributed by atoms with van der Waals surface area (Å²) in [5.74, 6) is -0.590. The van der Waals surface area contributed by atoms with E-state index in [0.29, 0.717) is 10.9 Å². The second kappa shape index (κ2) is 10.7. The van der Waals surface area contributed by atoms with Crippen molar-refractivity contribution in [3.63, 3.8) is 0 Å². The molecule has 2 aromatic rings. The van der Waals surface area contributed by atoms with Gasteiger partial charge in [0.2, 0.25) is 0 Å². The van der Waals surface area contributed by atoms with Crippen LogP contribution in [0.5, 0.6) is 0 Å². The lowest BCUT2D eigenvalue weighted by atomic mass is 9.88.